The third-order valence-electron chi connectivity index (χ3n) is 4.48. The van der Waals surface area contributed by atoms with E-state index in [4.69, 9.17) is 18.8 Å². The SMILES string of the molecule is Cc1ccc(-c2nn(C)cc2CNCCc2noc3cc(F)ccc23)o1.O=C(O)C(F)(F)F. The van der Waals surface area contributed by atoms with Gasteiger partial charge in [0, 0.05) is 49.8 Å². The van der Waals surface area contributed by atoms with Crippen LogP contribution in [0.5, 0.6) is 0 Å². The topological polar surface area (TPSA) is 106 Å². The summed E-state index contributed by atoms with van der Waals surface area (Å²) in [6.45, 7) is 3.29. The second-order valence-corrected chi connectivity index (χ2v) is 7.09. The number of furan rings is 1. The molecule has 0 saturated heterocycles. The van der Waals surface area contributed by atoms with E-state index in [1.807, 2.05) is 32.3 Å². The van der Waals surface area contributed by atoms with Crippen LogP contribution in [0.2, 0.25) is 0 Å². The minimum Gasteiger partial charge on any atom is -0.475 e. The number of nitrogens with zero attached hydrogens (tertiary/aromatic N) is 3. The highest BCUT2D eigenvalue weighted by Gasteiger charge is 2.38. The van der Waals surface area contributed by atoms with Crippen molar-refractivity contribution in [1.29, 1.82) is 0 Å². The van der Waals surface area contributed by atoms with Gasteiger partial charge in [0.15, 0.2) is 11.3 Å². The van der Waals surface area contributed by atoms with Gasteiger partial charge in [-0.05, 0) is 31.2 Å². The molecule has 4 rings (SSSR count). The molecule has 0 radical (unpaired) electrons. The molecule has 8 nitrogen and oxygen atoms in total. The molecule has 0 unspecified atom stereocenters. The van der Waals surface area contributed by atoms with E-state index in [0.717, 1.165) is 33.9 Å². The van der Waals surface area contributed by atoms with Gasteiger partial charge in [-0.1, -0.05) is 5.16 Å². The predicted molar refractivity (Wildman–Crippen MR) is 109 cm³/mol. The normalized spacial score (nSPS) is 11.5. The van der Waals surface area contributed by atoms with Gasteiger partial charge < -0.3 is 19.4 Å². The van der Waals surface area contributed by atoms with Crippen molar-refractivity contribution in [1.82, 2.24) is 20.3 Å². The number of carbonyl (C=O) groups is 1. The first kappa shape index (κ1) is 24.0. The maximum absolute atomic E-state index is 13.2. The van der Waals surface area contributed by atoms with Crippen LogP contribution in [0.25, 0.3) is 22.4 Å². The first-order valence-electron chi connectivity index (χ1n) is 9.68. The lowest BCUT2D eigenvalue weighted by Crippen LogP contribution is -2.21. The average molecular weight is 468 g/mol. The molecule has 12 heteroatoms. The third kappa shape index (κ3) is 6.19. The lowest BCUT2D eigenvalue weighted by atomic mass is 10.1. The highest BCUT2D eigenvalue weighted by Crippen LogP contribution is 2.24. The number of alkyl halides is 3. The molecular weight excluding hydrogens is 448 g/mol. The Morgan fingerprint density at radius 2 is 1.97 bits per heavy atom. The van der Waals surface area contributed by atoms with Gasteiger partial charge in [0.05, 0.1) is 5.69 Å². The number of hydrogen-bond donors (Lipinski definition) is 2. The van der Waals surface area contributed by atoms with Crippen LogP contribution in [0.4, 0.5) is 17.6 Å². The highest BCUT2D eigenvalue weighted by atomic mass is 19.4. The maximum Gasteiger partial charge on any atom is 0.490 e. The zero-order valence-corrected chi connectivity index (χ0v) is 17.6. The smallest absolute Gasteiger partial charge is 0.475 e. The van der Waals surface area contributed by atoms with Crippen LogP contribution in [-0.2, 0) is 24.8 Å². The van der Waals surface area contributed by atoms with Crippen LogP contribution in [0.3, 0.4) is 0 Å². The van der Waals surface area contributed by atoms with E-state index in [1.54, 1.807) is 10.7 Å². The van der Waals surface area contributed by atoms with E-state index in [9.17, 15) is 17.6 Å². The summed E-state index contributed by atoms with van der Waals surface area (Å²) in [5.74, 6) is -1.45. The monoisotopic (exact) mass is 468 g/mol. The Kier molecular flexibility index (Phi) is 7.16. The molecule has 0 saturated carbocycles. The van der Waals surface area contributed by atoms with E-state index >= 15 is 0 Å². The van der Waals surface area contributed by atoms with Gasteiger partial charge in [0.2, 0.25) is 0 Å². The van der Waals surface area contributed by atoms with Gasteiger partial charge >= 0.3 is 12.1 Å². The van der Waals surface area contributed by atoms with Crippen molar-refractivity contribution in [2.75, 3.05) is 6.54 Å². The molecular formula is C21H20F4N4O4. The minimum absolute atomic E-state index is 0.324. The summed E-state index contributed by atoms with van der Waals surface area (Å²) in [5, 5.41) is 19.9. The van der Waals surface area contributed by atoms with Crippen molar-refractivity contribution in [3.05, 3.63) is 59.4 Å². The first-order valence-corrected chi connectivity index (χ1v) is 9.68. The molecule has 0 aliphatic heterocycles. The Hall–Kier alpha value is -3.67. The lowest BCUT2D eigenvalue weighted by molar-refractivity contribution is -0.192. The van der Waals surface area contributed by atoms with Crippen LogP contribution in [0, 0.1) is 12.7 Å². The Morgan fingerprint density at radius 3 is 2.61 bits per heavy atom. The third-order valence-corrected chi connectivity index (χ3v) is 4.48. The number of fused-ring (bicyclic) bond motifs is 1. The van der Waals surface area contributed by atoms with Crippen LogP contribution < -0.4 is 5.32 Å². The summed E-state index contributed by atoms with van der Waals surface area (Å²) in [6, 6.07) is 8.34. The molecule has 0 atom stereocenters. The number of aromatic nitrogens is 3. The fraction of sp³-hybridized carbons (Fsp3) is 0.286. The van der Waals surface area contributed by atoms with Gasteiger partial charge in [-0.25, -0.2) is 9.18 Å². The van der Waals surface area contributed by atoms with E-state index in [2.05, 4.69) is 15.6 Å². The second kappa shape index (κ2) is 9.86. The Labute approximate surface area is 184 Å². The molecule has 0 fully saturated rings. The average Bonchev–Trinajstić information content (AvgIpc) is 3.43. The lowest BCUT2D eigenvalue weighted by Gasteiger charge is -2.03. The maximum atomic E-state index is 13.2. The molecule has 33 heavy (non-hydrogen) atoms. The molecule has 176 valence electrons. The van der Waals surface area contributed by atoms with E-state index < -0.39 is 12.1 Å². The van der Waals surface area contributed by atoms with Gasteiger partial charge in [-0.2, -0.15) is 18.3 Å². The Bertz CT molecular complexity index is 1240. The van der Waals surface area contributed by atoms with E-state index in [1.165, 1.54) is 12.1 Å². The van der Waals surface area contributed by atoms with E-state index in [-0.39, 0.29) is 5.82 Å². The highest BCUT2D eigenvalue weighted by molar-refractivity contribution is 5.79. The second-order valence-electron chi connectivity index (χ2n) is 7.09. The molecule has 1 aromatic carbocycles. The number of nitrogens with one attached hydrogen (secondary N) is 1. The standard InChI is InChI=1S/C19H19FN4O2.C2HF3O2/c1-12-3-6-17(25-12)19-13(11-24(2)22-19)10-21-8-7-16-15-5-4-14(20)9-18(15)26-23-16;3-2(4,5)1(6)7/h3-6,9,11,21H,7-8,10H2,1-2H3;(H,6,7). The molecule has 0 aliphatic rings. The van der Waals surface area contributed by atoms with Crippen LogP contribution in [0.15, 0.2) is 45.5 Å². The molecule has 0 aliphatic carbocycles. The molecule has 3 aromatic heterocycles. The first-order chi connectivity index (χ1) is 15.5. The number of carboxylic acids is 1. The van der Waals surface area contributed by atoms with Crippen molar-refractivity contribution < 1.29 is 36.4 Å². The fourth-order valence-corrected chi connectivity index (χ4v) is 3.01. The Morgan fingerprint density at radius 1 is 1.24 bits per heavy atom. The van der Waals surface area contributed by atoms with Crippen molar-refractivity contribution in [2.24, 2.45) is 7.05 Å². The zero-order valence-electron chi connectivity index (χ0n) is 17.6. The minimum atomic E-state index is -5.08. The summed E-state index contributed by atoms with van der Waals surface area (Å²) in [4.78, 5) is 8.90. The van der Waals surface area contributed by atoms with Gasteiger partial charge in [-0.3, -0.25) is 4.68 Å². The van der Waals surface area contributed by atoms with Crippen molar-refractivity contribution in [2.45, 2.75) is 26.1 Å². The molecule has 0 bridgehead atoms. The number of hydrogen-bond acceptors (Lipinski definition) is 6. The number of aliphatic carboxylic acids is 1. The molecule has 3 heterocycles. The van der Waals surface area contributed by atoms with Gasteiger partial charge in [0.25, 0.3) is 0 Å². The van der Waals surface area contributed by atoms with E-state index in [0.29, 0.717) is 25.1 Å². The molecule has 0 spiro atoms. The van der Waals surface area contributed by atoms with Crippen molar-refractivity contribution in [3.8, 4) is 11.5 Å². The number of halogens is 4. The zero-order chi connectivity index (χ0) is 24.2. The van der Waals surface area contributed by atoms with Crippen LogP contribution in [0.1, 0.15) is 17.0 Å². The summed E-state index contributed by atoms with van der Waals surface area (Å²) in [6.07, 6.45) is -2.41. The summed E-state index contributed by atoms with van der Waals surface area (Å²) >= 11 is 0. The summed E-state index contributed by atoms with van der Waals surface area (Å²) < 4.78 is 57.6. The molecule has 0 amide bonds. The summed E-state index contributed by atoms with van der Waals surface area (Å²) in [7, 11) is 1.89. The van der Waals surface area contributed by atoms with Crippen molar-refractivity contribution >= 4 is 16.9 Å². The number of benzene rings is 1. The number of carboxylic acid groups (broad SMARTS) is 1. The Balaban J connectivity index is 0.000000383. The molecule has 2 N–H and O–H groups in total. The predicted octanol–water partition coefficient (Wildman–Crippen LogP) is 4.23. The van der Waals surface area contributed by atoms with Crippen LogP contribution in [-0.4, -0.2) is 38.7 Å². The largest absolute Gasteiger partial charge is 0.490 e. The van der Waals surface area contributed by atoms with Gasteiger partial charge in [-0.15, -0.1) is 0 Å². The van der Waals surface area contributed by atoms with Crippen LogP contribution >= 0.6 is 0 Å². The number of aryl methyl sites for hydroxylation is 2. The fourth-order valence-electron chi connectivity index (χ4n) is 3.01. The quantitative estimate of drug-likeness (QED) is 0.322. The summed E-state index contributed by atoms with van der Waals surface area (Å²) in [5.41, 5.74) is 3.20. The molecule has 4 aromatic rings. The number of rotatable bonds is 6. The van der Waals surface area contributed by atoms with Crippen molar-refractivity contribution in [3.63, 3.8) is 0 Å². The van der Waals surface area contributed by atoms with Gasteiger partial charge in [0.1, 0.15) is 17.3 Å².